The lowest BCUT2D eigenvalue weighted by molar-refractivity contribution is 0.218. The summed E-state index contributed by atoms with van der Waals surface area (Å²) in [5, 5.41) is 1.65. The molecule has 0 spiro atoms. The number of benzene rings is 1. The molecular weight excluding hydrogens is 396 g/mol. The monoisotopic (exact) mass is 424 g/mol. The van der Waals surface area contributed by atoms with Crippen molar-refractivity contribution < 1.29 is 0 Å². The molecule has 0 aliphatic heterocycles. The number of rotatable bonds is 5. The Kier molecular flexibility index (Phi) is 5.71. The average Bonchev–Trinajstić information content (AvgIpc) is 3.06. The Morgan fingerprint density at radius 1 is 1.31 bits per heavy atom. The summed E-state index contributed by atoms with van der Waals surface area (Å²) in [6.07, 6.45) is 5.06. The summed E-state index contributed by atoms with van der Waals surface area (Å²) in [6, 6.07) is 10.2. The van der Waals surface area contributed by atoms with Gasteiger partial charge >= 0.3 is 0 Å². The summed E-state index contributed by atoms with van der Waals surface area (Å²) in [4.78, 5) is 20.9. The van der Waals surface area contributed by atoms with Gasteiger partial charge < -0.3 is 0 Å². The van der Waals surface area contributed by atoms with E-state index in [-0.39, 0.29) is 5.56 Å². The highest BCUT2D eigenvalue weighted by Crippen LogP contribution is 2.42. The molecule has 3 aromatic rings. The molecule has 0 unspecified atom stereocenters. The molecule has 0 saturated heterocycles. The number of hydrogen-bond acceptors (Lipinski definition) is 4. The summed E-state index contributed by atoms with van der Waals surface area (Å²) < 4.78 is 1.86. The fourth-order valence-corrected chi connectivity index (χ4v) is 6.20. The van der Waals surface area contributed by atoms with Gasteiger partial charge in [-0.15, -0.1) is 17.9 Å². The summed E-state index contributed by atoms with van der Waals surface area (Å²) in [7, 11) is 0. The van der Waals surface area contributed by atoms with Crippen LogP contribution < -0.4 is 5.56 Å². The van der Waals surface area contributed by atoms with Crippen LogP contribution >= 0.6 is 23.1 Å². The van der Waals surface area contributed by atoms with E-state index in [4.69, 9.17) is 4.98 Å². The van der Waals surface area contributed by atoms with Crippen molar-refractivity contribution in [2.24, 2.45) is 11.3 Å². The van der Waals surface area contributed by atoms with Crippen LogP contribution in [0.15, 0.2) is 52.9 Å². The summed E-state index contributed by atoms with van der Waals surface area (Å²) >= 11 is 3.32. The van der Waals surface area contributed by atoms with E-state index in [0.717, 1.165) is 46.0 Å². The first-order valence-electron chi connectivity index (χ1n) is 10.2. The number of thiophene rings is 1. The second-order valence-corrected chi connectivity index (χ2v) is 10.9. The summed E-state index contributed by atoms with van der Waals surface area (Å²) in [5.74, 6) is 1.40. The largest absolute Gasteiger partial charge is 0.283 e. The van der Waals surface area contributed by atoms with Crippen LogP contribution in [0.2, 0.25) is 0 Å². The normalized spacial score (nSPS) is 16.7. The van der Waals surface area contributed by atoms with Crippen molar-refractivity contribution in [3.05, 3.63) is 69.3 Å². The number of fused-ring (bicyclic) bond motifs is 3. The van der Waals surface area contributed by atoms with Gasteiger partial charge in [0.2, 0.25) is 0 Å². The molecule has 0 radical (unpaired) electrons. The zero-order valence-corrected chi connectivity index (χ0v) is 19.0. The lowest BCUT2D eigenvalue weighted by Crippen LogP contribution is -2.27. The predicted octanol–water partition coefficient (Wildman–Crippen LogP) is 5.94. The Bertz CT molecular complexity index is 1090. The molecule has 1 aliphatic rings. The molecule has 29 heavy (non-hydrogen) atoms. The minimum absolute atomic E-state index is 0.108. The first kappa shape index (κ1) is 20.4. The van der Waals surface area contributed by atoms with Crippen LogP contribution in [0.1, 0.15) is 43.2 Å². The van der Waals surface area contributed by atoms with Gasteiger partial charge in [-0.1, -0.05) is 68.9 Å². The quantitative estimate of drug-likeness (QED) is 0.289. The van der Waals surface area contributed by atoms with Gasteiger partial charge in [0.05, 0.1) is 11.9 Å². The van der Waals surface area contributed by atoms with E-state index in [2.05, 4.69) is 39.5 Å². The van der Waals surface area contributed by atoms with E-state index in [9.17, 15) is 4.79 Å². The minimum Gasteiger partial charge on any atom is -0.283 e. The van der Waals surface area contributed by atoms with E-state index in [1.807, 2.05) is 28.8 Å². The molecule has 0 fully saturated rings. The molecule has 1 atom stereocenters. The van der Waals surface area contributed by atoms with Gasteiger partial charge in [0.25, 0.3) is 5.56 Å². The maximum Gasteiger partial charge on any atom is 0.263 e. The maximum absolute atomic E-state index is 13.6. The molecule has 152 valence electrons. The molecule has 2 heterocycles. The number of nitrogens with zero attached hydrogens (tertiary/aromatic N) is 2. The average molecular weight is 425 g/mol. The number of hydrogen-bond donors (Lipinski definition) is 0. The molecule has 0 amide bonds. The van der Waals surface area contributed by atoms with Crippen LogP contribution in [-0.2, 0) is 19.4 Å². The highest BCUT2D eigenvalue weighted by atomic mass is 32.2. The highest BCUT2D eigenvalue weighted by Gasteiger charge is 2.32. The Morgan fingerprint density at radius 3 is 2.76 bits per heavy atom. The zero-order valence-electron chi connectivity index (χ0n) is 17.4. The molecular formula is C24H28N2OS2. The van der Waals surface area contributed by atoms with E-state index in [1.54, 1.807) is 23.1 Å². The minimum atomic E-state index is 0.108. The van der Waals surface area contributed by atoms with Gasteiger partial charge in [0, 0.05) is 10.6 Å². The third-order valence-corrected chi connectivity index (χ3v) is 7.99. The van der Waals surface area contributed by atoms with Crippen LogP contribution in [0.5, 0.6) is 0 Å². The first-order chi connectivity index (χ1) is 13.9. The van der Waals surface area contributed by atoms with Crippen LogP contribution in [0, 0.1) is 11.3 Å². The third-order valence-electron chi connectivity index (χ3n) is 5.87. The molecule has 0 bridgehead atoms. The fraction of sp³-hybridized carbons (Fsp3) is 0.417. The van der Waals surface area contributed by atoms with Crippen molar-refractivity contribution in [2.45, 2.75) is 51.7 Å². The molecule has 2 aromatic heterocycles. The molecule has 4 rings (SSSR count). The van der Waals surface area contributed by atoms with Crippen LogP contribution in [-0.4, -0.2) is 15.3 Å². The number of thioether (sulfide) groups is 1. The summed E-state index contributed by atoms with van der Waals surface area (Å²) in [6.45, 7) is 11.4. The van der Waals surface area contributed by atoms with Crippen LogP contribution in [0.3, 0.4) is 0 Å². The second kappa shape index (κ2) is 8.11. The Labute approximate surface area is 180 Å². The van der Waals surface area contributed by atoms with Gasteiger partial charge in [-0.3, -0.25) is 9.36 Å². The lowest BCUT2D eigenvalue weighted by Gasteiger charge is -2.33. The molecule has 0 saturated carbocycles. The summed E-state index contributed by atoms with van der Waals surface area (Å²) in [5.41, 5.74) is 2.77. The van der Waals surface area contributed by atoms with E-state index in [1.165, 1.54) is 10.4 Å². The number of aryl methyl sites for hydroxylation is 1. The SMILES string of the molecule is C=CCSc1nc2sc3c(c2c(=O)n1Cc1ccccc1)CC[C@@H](C(C)(C)C)C3. The van der Waals surface area contributed by atoms with E-state index >= 15 is 0 Å². The molecule has 3 nitrogen and oxygen atoms in total. The lowest BCUT2D eigenvalue weighted by atomic mass is 9.72. The van der Waals surface area contributed by atoms with Crippen molar-refractivity contribution >= 4 is 33.3 Å². The Hall–Kier alpha value is -1.85. The van der Waals surface area contributed by atoms with Crippen LogP contribution in [0.25, 0.3) is 10.2 Å². The van der Waals surface area contributed by atoms with Crippen molar-refractivity contribution in [1.29, 1.82) is 0 Å². The van der Waals surface area contributed by atoms with E-state index in [0.29, 0.717) is 17.9 Å². The molecule has 5 heteroatoms. The van der Waals surface area contributed by atoms with Gasteiger partial charge in [-0.2, -0.15) is 0 Å². The Balaban J connectivity index is 1.83. The van der Waals surface area contributed by atoms with Crippen molar-refractivity contribution in [2.75, 3.05) is 5.75 Å². The van der Waals surface area contributed by atoms with Crippen LogP contribution in [0.4, 0.5) is 0 Å². The van der Waals surface area contributed by atoms with Gasteiger partial charge in [-0.05, 0) is 41.7 Å². The predicted molar refractivity (Wildman–Crippen MR) is 125 cm³/mol. The standard InChI is InChI=1S/C24H28N2OS2/c1-5-13-28-23-25-21-20(22(27)26(23)15-16-9-7-6-8-10-16)18-12-11-17(24(2,3)4)14-19(18)29-21/h5-10,17H,1,11-15H2,2-4H3/t17-/m1/s1. The fourth-order valence-electron chi connectivity index (χ4n) is 4.13. The third kappa shape index (κ3) is 4.08. The topological polar surface area (TPSA) is 34.9 Å². The maximum atomic E-state index is 13.6. The van der Waals surface area contributed by atoms with Gasteiger partial charge in [0.15, 0.2) is 5.16 Å². The van der Waals surface area contributed by atoms with Crippen molar-refractivity contribution in [3.63, 3.8) is 0 Å². The highest BCUT2D eigenvalue weighted by molar-refractivity contribution is 7.99. The van der Waals surface area contributed by atoms with Gasteiger partial charge in [-0.25, -0.2) is 4.98 Å². The second-order valence-electron chi connectivity index (χ2n) is 8.86. The molecule has 1 aromatic carbocycles. The van der Waals surface area contributed by atoms with E-state index < -0.39 is 0 Å². The smallest absolute Gasteiger partial charge is 0.263 e. The number of aromatic nitrogens is 2. The van der Waals surface area contributed by atoms with Gasteiger partial charge in [0.1, 0.15) is 4.83 Å². The van der Waals surface area contributed by atoms with Crippen molar-refractivity contribution in [3.8, 4) is 0 Å². The Morgan fingerprint density at radius 2 is 2.07 bits per heavy atom. The zero-order chi connectivity index (χ0) is 20.6. The molecule has 0 N–H and O–H groups in total. The molecule has 1 aliphatic carbocycles. The first-order valence-corrected chi connectivity index (χ1v) is 12.0. The van der Waals surface area contributed by atoms with Crippen molar-refractivity contribution in [1.82, 2.24) is 9.55 Å².